The van der Waals surface area contributed by atoms with Gasteiger partial charge in [-0.25, -0.2) is 0 Å². The molecule has 4 atom stereocenters. The third-order valence-electron chi connectivity index (χ3n) is 16.0. The first-order valence-corrected chi connectivity index (χ1v) is 30.7. The number of amides is 1. The number of quaternary nitrogens is 2. The first-order chi connectivity index (χ1) is 33.2. The van der Waals surface area contributed by atoms with Crippen molar-refractivity contribution in [1.29, 1.82) is 0 Å². The molecule has 0 rings (SSSR count). The van der Waals surface area contributed by atoms with E-state index < -0.39 is 5.97 Å². The number of carboxylic acids is 1. The van der Waals surface area contributed by atoms with Crippen LogP contribution in [-0.4, -0.2) is 93.4 Å². The summed E-state index contributed by atoms with van der Waals surface area (Å²) in [6.07, 6.45) is 50.3. The van der Waals surface area contributed by atoms with Crippen LogP contribution in [0.3, 0.4) is 0 Å². The highest BCUT2D eigenvalue weighted by molar-refractivity contribution is 5.78. The van der Waals surface area contributed by atoms with Crippen LogP contribution in [0.2, 0.25) is 0 Å². The van der Waals surface area contributed by atoms with E-state index in [1.165, 1.54) is 206 Å². The number of aliphatic carboxylic acids is 1. The number of carboxylic acid groups (broad SMARTS) is 1. The number of rotatable bonds is 54. The van der Waals surface area contributed by atoms with Gasteiger partial charge in [0, 0.05) is 37.5 Å². The number of nitrogens with one attached hydrogen (secondary N) is 2. The molecule has 0 bridgehead atoms. The van der Waals surface area contributed by atoms with Crippen molar-refractivity contribution in [2.45, 2.75) is 285 Å². The first kappa shape index (κ1) is 67.4. The van der Waals surface area contributed by atoms with Crippen LogP contribution in [-0.2, 0) is 9.59 Å². The molecule has 0 aliphatic heterocycles. The third kappa shape index (κ3) is 43.7. The Hall–Kier alpha value is -1.60. The van der Waals surface area contributed by atoms with Crippen LogP contribution in [0.4, 0.5) is 0 Å². The molecule has 0 saturated carbocycles. The minimum atomic E-state index is -0.722. The summed E-state index contributed by atoms with van der Waals surface area (Å²) in [6, 6.07) is 0. The number of hydrogen-bond donors (Lipinski definition) is 3. The van der Waals surface area contributed by atoms with Crippen LogP contribution in [0.25, 0.3) is 0 Å². The summed E-state index contributed by atoms with van der Waals surface area (Å²) in [6.45, 7) is 21.7. The lowest BCUT2D eigenvalue weighted by Crippen LogP contribution is -2.43. The molecular formula is C62H126N4O3+2. The molecular weight excluding hydrogens is 849 g/mol. The van der Waals surface area contributed by atoms with E-state index in [0.717, 1.165) is 81.3 Å². The molecule has 0 fully saturated rings. The Labute approximate surface area is 432 Å². The molecule has 0 saturated heterocycles. The second-order valence-electron chi connectivity index (χ2n) is 24.0. The van der Waals surface area contributed by atoms with Crippen molar-refractivity contribution in [3.63, 3.8) is 0 Å². The Balaban J connectivity index is 5.50. The summed E-state index contributed by atoms with van der Waals surface area (Å²) < 4.78 is 1.75. The van der Waals surface area contributed by atoms with Crippen LogP contribution in [0, 0.1) is 23.7 Å². The summed E-state index contributed by atoms with van der Waals surface area (Å²) in [7, 11) is 8.94. The largest absolute Gasteiger partial charge is 0.481 e. The quantitative estimate of drug-likeness (QED) is 0.0419. The summed E-state index contributed by atoms with van der Waals surface area (Å²) in [5, 5.41) is 16.3. The van der Waals surface area contributed by atoms with Gasteiger partial charge in [0.2, 0.25) is 5.91 Å². The van der Waals surface area contributed by atoms with E-state index in [-0.39, 0.29) is 12.3 Å². The lowest BCUT2D eigenvalue weighted by atomic mass is 9.78. The molecule has 7 nitrogen and oxygen atoms in total. The maximum atomic E-state index is 14.5. The Morgan fingerprint density at radius 2 is 0.812 bits per heavy atom. The Bertz CT molecular complexity index is 1170. The molecule has 0 spiro atoms. The molecule has 0 radical (unpaired) electrons. The summed E-state index contributed by atoms with van der Waals surface area (Å²) >= 11 is 0. The van der Waals surface area contributed by atoms with Gasteiger partial charge in [0.15, 0.2) is 0 Å². The first-order valence-electron chi connectivity index (χ1n) is 30.7. The fourth-order valence-corrected chi connectivity index (χ4v) is 10.7. The molecule has 0 heterocycles. The summed E-state index contributed by atoms with van der Waals surface area (Å²) in [5.41, 5.74) is 1.10. The normalized spacial score (nSPS) is 13.9. The van der Waals surface area contributed by atoms with Gasteiger partial charge in [-0.15, -0.1) is 0 Å². The van der Waals surface area contributed by atoms with Gasteiger partial charge in [0.1, 0.15) is 0 Å². The topological polar surface area (TPSA) is 78.4 Å². The third-order valence-corrected chi connectivity index (χ3v) is 16.0. The lowest BCUT2D eigenvalue weighted by molar-refractivity contribution is -0.890. The minimum absolute atomic E-state index is 0.0765. The standard InChI is InChI=1S/C62H124N4O3/c1-11-14-17-19-21-23-25-27-29-31-33-35-37-39-43-56(4)45-48-60(62(69)64-51-42-53-65(7,8)52-16-13-3)59(44-40-38-36-34-32-30-28-26-24-22-20-18-15-12-2)47-46-57(5)58(6)63-50-41-54-66(9,10)55-49-61(67)68/h56-57,59-60,63H,6,11-55H2,1-5,7-10H3/p+2. The predicted molar refractivity (Wildman–Crippen MR) is 304 cm³/mol. The van der Waals surface area contributed by atoms with Gasteiger partial charge in [-0.1, -0.05) is 234 Å². The van der Waals surface area contributed by atoms with Gasteiger partial charge in [0.05, 0.1) is 60.8 Å². The molecule has 0 aliphatic carbocycles. The molecule has 1 amide bonds. The van der Waals surface area contributed by atoms with Crippen LogP contribution in [0.1, 0.15) is 285 Å². The van der Waals surface area contributed by atoms with Crippen molar-refractivity contribution in [3.05, 3.63) is 12.3 Å². The Morgan fingerprint density at radius 3 is 1.25 bits per heavy atom. The maximum absolute atomic E-state index is 14.5. The second-order valence-corrected chi connectivity index (χ2v) is 24.0. The number of allylic oxidation sites excluding steroid dienone is 1. The number of carbonyl (C=O) groups is 2. The van der Waals surface area contributed by atoms with E-state index >= 15 is 0 Å². The van der Waals surface area contributed by atoms with Gasteiger partial charge in [0.25, 0.3) is 0 Å². The number of nitrogens with zero attached hydrogens (tertiary/aromatic N) is 2. The van der Waals surface area contributed by atoms with Gasteiger partial charge < -0.3 is 24.7 Å². The van der Waals surface area contributed by atoms with E-state index in [4.69, 9.17) is 0 Å². The monoisotopic (exact) mass is 975 g/mol. The molecule has 0 aromatic rings. The molecule has 0 aromatic carbocycles. The van der Waals surface area contributed by atoms with E-state index in [1.54, 1.807) is 0 Å². The molecule has 7 heteroatoms. The lowest BCUT2D eigenvalue weighted by Gasteiger charge is -2.31. The van der Waals surface area contributed by atoms with Gasteiger partial charge in [-0.2, -0.15) is 0 Å². The molecule has 0 aliphatic rings. The summed E-state index contributed by atoms with van der Waals surface area (Å²) in [5.74, 6) is 1.07. The van der Waals surface area contributed by atoms with Gasteiger partial charge >= 0.3 is 5.97 Å². The molecule has 410 valence electrons. The molecule has 3 N–H and O–H groups in total. The molecule has 4 unspecified atom stereocenters. The molecule has 69 heavy (non-hydrogen) atoms. The predicted octanol–water partition coefficient (Wildman–Crippen LogP) is 17.2. The average Bonchev–Trinajstić information content (AvgIpc) is 3.31. The van der Waals surface area contributed by atoms with Crippen LogP contribution in [0.5, 0.6) is 0 Å². The van der Waals surface area contributed by atoms with E-state index in [0.29, 0.717) is 34.7 Å². The number of unbranched alkanes of at least 4 members (excludes halogenated alkanes) is 27. The fraction of sp³-hybridized carbons (Fsp3) is 0.935. The van der Waals surface area contributed by atoms with Crippen LogP contribution < -0.4 is 10.6 Å². The second kappa shape index (κ2) is 46.2. The van der Waals surface area contributed by atoms with E-state index in [2.05, 4.69) is 80.0 Å². The van der Waals surface area contributed by atoms with E-state index in [1.807, 2.05) is 0 Å². The molecule has 0 aromatic heterocycles. The minimum Gasteiger partial charge on any atom is -0.481 e. The zero-order valence-corrected chi connectivity index (χ0v) is 48.5. The Kier molecular flexibility index (Phi) is 45.1. The van der Waals surface area contributed by atoms with Crippen molar-refractivity contribution in [2.24, 2.45) is 23.7 Å². The van der Waals surface area contributed by atoms with Crippen molar-refractivity contribution >= 4 is 11.9 Å². The number of carbonyl (C=O) groups excluding carboxylic acids is 1. The zero-order valence-electron chi connectivity index (χ0n) is 48.5. The average molecular weight is 976 g/mol. The van der Waals surface area contributed by atoms with Crippen molar-refractivity contribution in [1.82, 2.24) is 10.6 Å². The number of hydrogen-bond acceptors (Lipinski definition) is 3. The van der Waals surface area contributed by atoms with Crippen LogP contribution >= 0.6 is 0 Å². The van der Waals surface area contributed by atoms with Gasteiger partial charge in [-0.3, -0.25) is 9.59 Å². The van der Waals surface area contributed by atoms with Crippen molar-refractivity contribution in [3.8, 4) is 0 Å². The zero-order chi connectivity index (χ0) is 51.3. The van der Waals surface area contributed by atoms with E-state index in [9.17, 15) is 14.7 Å². The van der Waals surface area contributed by atoms with Gasteiger partial charge in [-0.05, 0) is 56.3 Å². The Morgan fingerprint density at radius 1 is 0.435 bits per heavy atom. The van der Waals surface area contributed by atoms with Crippen molar-refractivity contribution < 1.29 is 23.7 Å². The fourth-order valence-electron chi connectivity index (χ4n) is 10.7. The SMILES string of the molecule is C=C(NCCC[N+](C)(C)CCC(=O)O)C(C)CCC(CCCCCCCCCCCCCCCC)C(CCC(C)CCCCCCCCCCCCCCCC)C(=O)NCCC[N+](C)(C)CCCC. The summed E-state index contributed by atoms with van der Waals surface area (Å²) in [4.78, 5) is 25.6. The highest BCUT2D eigenvalue weighted by Gasteiger charge is 2.29. The highest BCUT2D eigenvalue weighted by atomic mass is 16.4. The van der Waals surface area contributed by atoms with Crippen LogP contribution in [0.15, 0.2) is 12.3 Å². The highest BCUT2D eigenvalue weighted by Crippen LogP contribution is 2.33. The maximum Gasteiger partial charge on any atom is 0.309 e. The smallest absolute Gasteiger partial charge is 0.309 e. The van der Waals surface area contributed by atoms with Crippen molar-refractivity contribution in [2.75, 3.05) is 67.5 Å².